The van der Waals surface area contributed by atoms with E-state index < -0.39 is 9.84 Å². The van der Waals surface area contributed by atoms with Gasteiger partial charge in [-0.05, 0) is 19.3 Å². The van der Waals surface area contributed by atoms with Gasteiger partial charge in [-0.25, -0.2) is 13.4 Å². The van der Waals surface area contributed by atoms with Crippen molar-refractivity contribution in [3.63, 3.8) is 0 Å². The van der Waals surface area contributed by atoms with Gasteiger partial charge < -0.3 is 9.67 Å². The minimum atomic E-state index is -2.93. The van der Waals surface area contributed by atoms with Crippen LogP contribution in [-0.2, 0) is 29.2 Å². The Morgan fingerprint density at radius 2 is 2.21 bits per heavy atom. The van der Waals surface area contributed by atoms with Crippen LogP contribution in [-0.4, -0.2) is 40.2 Å². The number of hydrogen-bond donors (Lipinski definition) is 1. The van der Waals surface area contributed by atoms with Crippen molar-refractivity contribution in [1.29, 1.82) is 0 Å². The Labute approximate surface area is 113 Å². The Kier molecular flexibility index (Phi) is 3.39. The molecule has 3 heterocycles. The molecule has 1 N–H and O–H groups in total. The summed E-state index contributed by atoms with van der Waals surface area (Å²) < 4.78 is 26.1. The number of nitrogens with zero attached hydrogens (tertiary/aromatic N) is 2. The van der Waals surface area contributed by atoms with Gasteiger partial charge in [0.05, 0.1) is 22.8 Å². The summed E-state index contributed by atoms with van der Waals surface area (Å²) in [6.07, 6.45) is 6.07. The summed E-state index contributed by atoms with van der Waals surface area (Å²) in [5.74, 6) is 1.21. The maximum Gasteiger partial charge on any atom is 0.153 e. The van der Waals surface area contributed by atoms with E-state index in [1.807, 2.05) is 6.20 Å². The first-order valence-corrected chi connectivity index (χ1v) is 8.71. The predicted octanol–water partition coefficient (Wildman–Crippen LogP) is 0.700. The van der Waals surface area contributed by atoms with E-state index in [1.54, 1.807) is 0 Å². The van der Waals surface area contributed by atoms with Gasteiger partial charge >= 0.3 is 0 Å². The highest BCUT2D eigenvalue weighted by Gasteiger charge is 2.30. The van der Waals surface area contributed by atoms with Gasteiger partial charge in [0.25, 0.3) is 0 Å². The van der Waals surface area contributed by atoms with E-state index in [0.29, 0.717) is 18.6 Å². The molecule has 0 saturated carbocycles. The molecule has 1 aromatic rings. The molecule has 0 aliphatic carbocycles. The van der Waals surface area contributed by atoms with Crippen molar-refractivity contribution in [3.8, 4) is 0 Å². The standard InChI is InChI=1S/C13H20N2O3S/c16-11-4-5-15-9-10(14-13(15)8-11)7-12-3-1-2-6-19(12,17)18/h9,11-12,16H,1-8H2. The molecule has 2 unspecified atom stereocenters. The van der Waals surface area contributed by atoms with Gasteiger partial charge in [-0.1, -0.05) is 6.42 Å². The topological polar surface area (TPSA) is 72.2 Å². The van der Waals surface area contributed by atoms with Crippen molar-refractivity contribution >= 4 is 9.84 Å². The number of sulfone groups is 1. The molecule has 0 bridgehead atoms. The van der Waals surface area contributed by atoms with E-state index in [1.165, 1.54) is 0 Å². The smallest absolute Gasteiger partial charge is 0.153 e. The monoisotopic (exact) mass is 284 g/mol. The maximum atomic E-state index is 12.0. The van der Waals surface area contributed by atoms with Crippen LogP contribution in [0.25, 0.3) is 0 Å². The third kappa shape index (κ3) is 2.69. The van der Waals surface area contributed by atoms with E-state index >= 15 is 0 Å². The maximum absolute atomic E-state index is 12.0. The number of fused-ring (bicyclic) bond motifs is 1. The van der Waals surface area contributed by atoms with Crippen LogP contribution in [0.5, 0.6) is 0 Å². The van der Waals surface area contributed by atoms with Crippen molar-refractivity contribution in [3.05, 3.63) is 17.7 Å². The van der Waals surface area contributed by atoms with Crippen LogP contribution < -0.4 is 0 Å². The molecule has 2 atom stereocenters. The number of aromatic nitrogens is 2. The SMILES string of the molecule is O=S1(=O)CCCCC1Cc1cn2c(n1)CC(O)CC2. The van der Waals surface area contributed by atoms with Crippen LogP contribution in [0.1, 0.15) is 37.2 Å². The lowest BCUT2D eigenvalue weighted by Crippen LogP contribution is -2.30. The average Bonchev–Trinajstić information content (AvgIpc) is 2.73. The third-order valence-electron chi connectivity index (χ3n) is 4.18. The van der Waals surface area contributed by atoms with Crippen molar-refractivity contribution in [2.75, 3.05) is 5.75 Å². The van der Waals surface area contributed by atoms with E-state index in [4.69, 9.17) is 0 Å². The molecule has 0 radical (unpaired) electrons. The number of aryl methyl sites for hydroxylation is 1. The molecule has 106 valence electrons. The van der Waals surface area contributed by atoms with Crippen molar-refractivity contribution in [1.82, 2.24) is 9.55 Å². The van der Waals surface area contributed by atoms with E-state index in [2.05, 4.69) is 9.55 Å². The molecule has 2 aliphatic rings. The number of rotatable bonds is 2. The largest absolute Gasteiger partial charge is 0.393 e. The quantitative estimate of drug-likeness (QED) is 0.867. The number of aliphatic hydroxyl groups excluding tert-OH is 1. The Morgan fingerprint density at radius 3 is 3.00 bits per heavy atom. The number of imidazole rings is 1. The molecule has 1 fully saturated rings. The summed E-state index contributed by atoms with van der Waals surface area (Å²) in [5, 5.41) is 9.36. The van der Waals surface area contributed by atoms with Crippen LogP contribution in [0.2, 0.25) is 0 Å². The van der Waals surface area contributed by atoms with Crippen molar-refractivity contribution < 1.29 is 13.5 Å². The summed E-state index contributed by atoms with van der Waals surface area (Å²) in [5.41, 5.74) is 0.861. The van der Waals surface area contributed by atoms with E-state index in [9.17, 15) is 13.5 Å². The van der Waals surface area contributed by atoms with Gasteiger partial charge in [0, 0.05) is 25.6 Å². The van der Waals surface area contributed by atoms with Crippen LogP contribution >= 0.6 is 0 Å². The molecule has 0 spiro atoms. The van der Waals surface area contributed by atoms with Crippen LogP contribution in [0, 0.1) is 0 Å². The minimum absolute atomic E-state index is 0.261. The number of aliphatic hydroxyl groups is 1. The summed E-state index contributed by atoms with van der Waals surface area (Å²) in [6, 6.07) is 0. The fourth-order valence-corrected chi connectivity index (χ4v) is 4.94. The summed E-state index contributed by atoms with van der Waals surface area (Å²) in [4.78, 5) is 4.50. The van der Waals surface area contributed by atoms with Gasteiger partial charge in [0.15, 0.2) is 9.84 Å². The lowest BCUT2D eigenvalue weighted by molar-refractivity contribution is 0.141. The van der Waals surface area contributed by atoms with Gasteiger partial charge in [-0.3, -0.25) is 0 Å². The lowest BCUT2D eigenvalue weighted by Gasteiger charge is -2.21. The fourth-order valence-electron chi connectivity index (χ4n) is 3.05. The first-order valence-electron chi connectivity index (χ1n) is 6.99. The molecule has 19 heavy (non-hydrogen) atoms. The first kappa shape index (κ1) is 13.1. The fraction of sp³-hybridized carbons (Fsp3) is 0.769. The predicted molar refractivity (Wildman–Crippen MR) is 71.7 cm³/mol. The summed E-state index contributed by atoms with van der Waals surface area (Å²) in [6.45, 7) is 0.779. The molecule has 5 nitrogen and oxygen atoms in total. The molecule has 6 heteroatoms. The number of hydrogen-bond acceptors (Lipinski definition) is 4. The van der Waals surface area contributed by atoms with Gasteiger partial charge in [0.2, 0.25) is 0 Å². The van der Waals surface area contributed by atoms with E-state index in [0.717, 1.165) is 43.7 Å². The molecule has 0 amide bonds. The summed E-state index contributed by atoms with van der Waals surface area (Å²) in [7, 11) is -2.93. The highest BCUT2D eigenvalue weighted by molar-refractivity contribution is 7.92. The second kappa shape index (κ2) is 4.90. The second-order valence-electron chi connectivity index (χ2n) is 5.68. The normalized spacial score (nSPS) is 29.9. The van der Waals surface area contributed by atoms with Crippen LogP contribution in [0.15, 0.2) is 6.20 Å². The molecule has 3 rings (SSSR count). The highest BCUT2D eigenvalue weighted by Crippen LogP contribution is 2.24. The van der Waals surface area contributed by atoms with E-state index in [-0.39, 0.29) is 11.4 Å². The average molecular weight is 284 g/mol. The molecule has 2 aliphatic heterocycles. The van der Waals surface area contributed by atoms with Crippen molar-refractivity contribution in [2.45, 2.75) is 56.4 Å². The first-order chi connectivity index (χ1) is 9.04. The Bertz CT molecular complexity index is 564. The zero-order valence-electron chi connectivity index (χ0n) is 11.0. The summed E-state index contributed by atoms with van der Waals surface area (Å²) >= 11 is 0. The van der Waals surface area contributed by atoms with Gasteiger partial charge in [0.1, 0.15) is 5.82 Å². The second-order valence-corrected chi connectivity index (χ2v) is 8.08. The Morgan fingerprint density at radius 1 is 1.37 bits per heavy atom. The highest BCUT2D eigenvalue weighted by atomic mass is 32.2. The van der Waals surface area contributed by atoms with Crippen LogP contribution in [0.4, 0.5) is 0 Å². The Balaban J connectivity index is 1.77. The third-order valence-corrected chi connectivity index (χ3v) is 6.46. The molecular formula is C13H20N2O3S. The van der Waals surface area contributed by atoms with Gasteiger partial charge in [-0.15, -0.1) is 0 Å². The lowest BCUT2D eigenvalue weighted by atomic mass is 10.1. The zero-order valence-corrected chi connectivity index (χ0v) is 11.8. The minimum Gasteiger partial charge on any atom is -0.393 e. The van der Waals surface area contributed by atoms with Crippen LogP contribution in [0.3, 0.4) is 0 Å². The van der Waals surface area contributed by atoms with Gasteiger partial charge in [-0.2, -0.15) is 0 Å². The zero-order chi connectivity index (χ0) is 13.5. The van der Waals surface area contributed by atoms with Crippen molar-refractivity contribution in [2.24, 2.45) is 0 Å². The molecular weight excluding hydrogens is 264 g/mol. The Hall–Kier alpha value is -0.880. The molecule has 1 saturated heterocycles. The molecule has 0 aromatic carbocycles. The molecule has 1 aromatic heterocycles.